The number of nitrogens with two attached hydrogens (primary N) is 1. The van der Waals surface area contributed by atoms with Crippen molar-refractivity contribution in [3.8, 4) is 0 Å². The molecule has 0 radical (unpaired) electrons. The molecule has 1 unspecified atom stereocenters. The van der Waals surface area contributed by atoms with Crippen molar-refractivity contribution in [2.45, 2.75) is 65.1 Å². The quantitative estimate of drug-likeness (QED) is 0.604. The van der Waals surface area contributed by atoms with Crippen molar-refractivity contribution in [2.24, 2.45) is 23.5 Å². The number of nitrogens with one attached hydrogen (secondary N) is 1. The first-order valence-electron chi connectivity index (χ1n) is 8.24. The topological polar surface area (TPSA) is 102 Å². The number of aliphatic hydroxyl groups is 1. The van der Waals surface area contributed by atoms with Gasteiger partial charge in [0.25, 0.3) is 0 Å². The third-order valence-electron chi connectivity index (χ3n) is 4.76. The molecular weight excluding hydrogens is 284 g/mol. The van der Waals surface area contributed by atoms with Crippen LogP contribution in [-0.2, 0) is 14.3 Å². The summed E-state index contributed by atoms with van der Waals surface area (Å²) in [6, 6.07) is -0.557. The van der Waals surface area contributed by atoms with Crippen LogP contribution in [0.3, 0.4) is 0 Å². The summed E-state index contributed by atoms with van der Waals surface area (Å²) in [5.41, 5.74) is 6.20. The Hall–Kier alpha value is -1.14. The van der Waals surface area contributed by atoms with Gasteiger partial charge in [-0.05, 0) is 19.3 Å². The summed E-state index contributed by atoms with van der Waals surface area (Å²) in [6.07, 6.45) is 1.26. The maximum absolute atomic E-state index is 12.0. The van der Waals surface area contributed by atoms with Crippen LogP contribution in [0.4, 0.5) is 0 Å². The predicted molar refractivity (Wildman–Crippen MR) is 83.9 cm³/mol. The van der Waals surface area contributed by atoms with Gasteiger partial charge >= 0.3 is 5.97 Å². The Labute approximate surface area is 132 Å². The highest BCUT2D eigenvalue weighted by Crippen LogP contribution is 2.37. The van der Waals surface area contributed by atoms with Gasteiger partial charge in [-0.3, -0.25) is 9.59 Å². The number of hydrogen-bond acceptors (Lipinski definition) is 5. The first-order chi connectivity index (χ1) is 10.4. The predicted octanol–water partition coefficient (Wildman–Crippen LogP) is 0.815. The van der Waals surface area contributed by atoms with Crippen molar-refractivity contribution in [1.82, 2.24) is 5.32 Å². The van der Waals surface area contributed by atoms with Gasteiger partial charge in [0.2, 0.25) is 5.91 Å². The van der Waals surface area contributed by atoms with E-state index in [1.165, 1.54) is 6.92 Å². The van der Waals surface area contributed by atoms with Gasteiger partial charge in [0.15, 0.2) is 0 Å². The van der Waals surface area contributed by atoms with Crippen LogP contribution in [0.2, 0.25) is 0 Å². The monoisotopic (exact) mass is 314 g/mol. The molecule has 1 saturated carbocycles. The molecule has 1 rings (SSSR count). The number of ether oxygens (including phenoxy) is 1. The minimum Gasteiger partial charge on any atom is -0.466 e. The minimum atomic E-state index is -0.883. The molecule has 0 spiro atoms. The Kier molecular flexibility index (Phi) is 7.29. The molecule has 128 valence electrons. The summed E-state index contributed by atoms with van der Waals surface area (Å²) in [5.74, 6) is -1.26. The number of amides is 1. The number of carbonyl (C=O) groups is 2. The van der Waals surface area contributed by atoms with E-state index in [-0.39, 0.29) is 36.4 Å². The fourth-order valence-electron chi connectivity index (χ4n) is 3.63. The molecule has 0 bridgehead atoms. The number of esters is 1. The largest absolute Gasteiger partial charge is 0.466 e. The Bertz CT molecular complexity index is 384. The van der Waals surface area contributed by atoms with Gasteiger partial charge in [-0.25, -0.2) is 0 Å². The van der Waals surface area contributed by atoms with Crippen molar-refractivity contribution in [1.29, 1.82) is 0 Å². The second-order valence-electron chi connectivity index (χ2n) is 6.13. The molecule has 5 atom stereocenters. The van der Waals surface area contributed by atoms with Crippen molar-refractivity contribution < 1.29 is 19.4 Å². The minimum absolute atomic E-state index is 0.143. The number of aliphatic hydroxyl groups excluding tert-OH is 1. The highest BCUT2D eigenvalue weighted by molar-refractivity contribution is 5.74. The highest BCUT2D eigenvalue weighted by Gasteiger charge is 2.49. The summed E-state index contributed by atoms with van der Waals surface area (Å²) in [5, 5.41) is 13.6. The van der Waals surface area contributed by atoms with E-state index in [0.717, 1.165) is 12.8 Å². The Morgan fingerprint density at radius 2 is 1.91 bits per heavy atom. The van der Waals surface area contributed by atoms with E-state index in [0.29, 0.717) is 6.42 Å². The summed E-state index contributed by atoms with van der Waals surface area (Å²) >= 11 is 0. The van der Waals surface area contributed by atoms with Crippen LogP contribution in [0.5, 0.6) is 0 Å². The van der Waals surface area contributed by atoms with E-state index in [2.05, 4.69) is 19.2 Å². The number of hydrogen-bond donors (Lipinski definition) is 3. The second kappa shape index (κ2) is 8.48. The number of carbonyl (C=O) groups excluding carboxylic acids is 2. The lowest BCUT2D eigenvalue weighted by molar-refractivity contribution is -0.151. The SMILES string of the molecule is CCOC(=O)[C@@H]1C[C@H](N)[C@@H](C(NC(C)=O)C(CC)CC)[C@H]1O. The van der Waals surface area contributed by atoms with Crippen molar-refractivity contribution in [3.05, 3.63) is 0 Å². The highest BCUT2D eigenvalue weighted by atomic mass is 16.5. The lowest BCUT2D eigenvalue weighted by Crippen LogP contribution is -2.52. The average molecular weight is 314 g/mol. The molecule has 22 heavy (non-hydrogen) atoms. The molecule has 1 aliphatic rings. The molecule has 4 N–H and O–H groups in total. The van der Waals surface area contributed by atoms with Crippen LogP contribution in [0.15, 0.2) is 0 Å². The summed E-state index contributed by atoms with van der Waals surface area (Å²) in [6.45, 7) is 7.59. The summed E-state index contributed by atoms with van der Waals surface area (Å²) in [4.78, 5) is 23.5. The van der Waals surface area contributed by atoms with Crippen molar-refractivity contribution in [2.75, 3.05) is 6.61 Å². The standard InChI is InChI=1S/C16H30N2O4/c1-5-10(6-2)14(18-9(4)19)13-12(17)8-11(15(13)20)16(21)22-7-3/h10-15,20H,5-8,17H2,1-4H3,(H,18,19)/t11-,12+,13+,14?,15+/m1/s1. The van der Waals surface area contributed by atoms with E-state index in [1.54, 1.807) is 6.92 Å². The fraction of sp³-hybridized carbons (Fsp3) is 0.875. The lowest BCUT2D eigenvalue weighted by Gasteiger charge is -2.35. The Morgan fingerprint density at radius 1 is 1.32 bits per heavy atom. The summed E-state index contributed by atoms with van der Waals surface area (Å²) < 4.78 is 5.03. The number of rotatable bonds is 7. The van der Waals surface area contributed by atoms with Gasteiger partial charge in [0.05, 0.1) is 18.6 Å². The molecular formula is C16H30N2O4. The average Bonchev–Trinajstić information content (AvgIpc) is 2.74. The van der Waals surface area contributed by atoms with E-state index >= 15 is 0 Å². The second-order valence-corrected chi connectivity index (χ2v) is 6.13. The first-order valence-corrected chi connectivity index (χ1v) is 8.24. The van der Waals surface area contributed by atoms with Gasteiger partial charge in [-0.1, -0.05) is 26.7 Å². The molecule has 6 nitrogen and oxygen atoms in total. The molecule has 1 amide bonds. The van der Waals surface area contributed by atoms with Gasteiger partial charge in [0, 0.05) is 24.9 Å². The normalized spacial score (nSPS) is 29.4. The van der Waals surface area contributed by atoms with Gasteiger partial charge < -0.3 is 20.9 Å². The maximum Gasteiger partial charge on any atom is 0.311 e. The molecule has 0 saturated heterocycles. The molecule has 0 heterocycles. The molecule has 0 aliphatic heterocycles. The van der Waals surface area contributed by atoms with Gasteiger partial charge in [-0.2, -0.15) is 0 Å². The van der Waals surface area contributed by atoms with Crippen LogP contribution in [-0.4, -0.2) is 41.8 Å². The van der Waals surface area contributed by atoms with Crippen LogP contribution in [0, 0.1) is 17.8 Å². The Morgan fingerprint density at radius 3 is 2.36 bits per heavy atom. The molecule has 0 aromatic carbocycles. The molecule has 0 aromatic heterocycles. The Balaban J connectivity index is 2.98. The van der Waals surface area contributed by atoms with Crippen LogP contribution < -0.4 is 11.1 Å². The van der Waals surface area contributed by atoms with Crippen LogP contribution in [0.1, 0.15) is 47.0 Å². The zero-order valence-electron chi connectivity index (χ0n) is 14.0. The van der Waals surface area contributed by atoms with E-state index in [9.17, 15) is 14.7 Å². The van der Waals surface area contributed by atoms with E-state index in [4.69, 9.17) is 10.5 Å². The van der Waals surface area contributed by atoms with Crippen molar-refractivity contribution in [3.63, 3.8) is 0 Å². The van der Waals surface area contributed by atoms with Gasteiger partial charge in [-0.15, -0.1) is 0 Å². The fourth-order valence-corrected chi connectivity index (χ4v) is 3.63. The third-order valence-corrected chi connectivity index (χ3v) is 4.76. The third kappa shape index (κ3) is 4.20. The van der Waals surface area contributed by atoms with E-state index in [1.807, 2.05) is 0 Å². The van der Waals surface area contributed by atoms with E-state index < -0.39 is 18.0 Å². The molecule has 0 aromatic rings. The maximum atomic E-state index is 12.0. The lowest BCUT2D eigenvalue weighted by atomic mass is 9.80. The molecule has 1 fully saturated rings. The molecule has 6 heteroatoms. The summed E-state index contributed by atoms with van der Waals surface area (Å²) in [7, 11) is 0. The first kappa shape index (κ1) is 18.9. The van der Waals surface area contributed by atoms with Crippen molar-refractivity contribution >= 4 is 11.9 Å². The van der Waals surface area contributed by atoms with Crippen LogP contribution >= 0.6 is 0 Å². The smallest absolute Gasteiger partial charge is 0.311 e. The zero-order valence-corrected chi connectivity index (χ0v) is 14.0. The zero-order chi connectivity index (χ0) is 16.9. The molecule has 1 aliphatic carbocycles. The van der Waals surface area contributed by atoms with Gasteiger partial charge in [0.1, 0.15) is 0 Å². The van der Waals surface area contributed by atoms with Crippen LogP contribution in [0.25, 0.3) is 0 Å².